The first-order valence-electron chi connectivity index (χ1n) is 15.6. The minimum Gasteiger partial charge on any atom is -0.339 e. The van der Waals surface area contributed by atoms with Crippen LogP contribution in [0.25, 0.3) is 0 Å². The Morgan fingerprint density at radius 2 is 1.57 bits per heavy atom. The van der Waals surface area contributed by atoms with Gasteiger partial charge in [-0.05, 0) is 93.5 Å². The molecular formula is C34H42ClN5O5S. The van der Waals surface area contributed by atoms with Crippen molar-refractivity contribution in [3.8, 4) is 0 Å². The fraction of sp³-hybridized carbons (Fsp3) is 0.382. The minimum absolute atomic E-state index is 0.116. The molecule has 0 bridgehead atoms. The second-order valence-corrected chi connectivity index (χ2v) is 13.5. The average Bonchev–Trinajstić information content (AvgIpc) is 3.14. The lowest BCUT2D eigenvalue weighted by molar-refractivity contribution is -0.118. The number of amides is 3. The van der Waals surface area contributed by atoms with Crippen LogP contribution in [0.1, 0.15) is 66.7 Å². The van der Waals surface area contributed by atoms with Crippen molar-refractivity contribution in [2.45, 2.75) is 46.0 Å². The van der Waals surface area contributed by atoms with Crippen molar-refractivity contribution < 1.29 is 22.8 Å². The smallest absolute Gasteiger partial charge is 0.257 e. The third kappa shape index (κ3) is 9.31. The van der Waals surface area contributed by atoms with E-state index in [2.05, 4.69) is 28.8 Å². The lowest BCUT2D eigenvalue weighted by Crippen LogP contribution is -2.35. The van der Waals surface area contributed by atoms with Crippen LogP contribution in [-0.2, 0) is 14.8 Å². The number of carbonyl (C=O) groups excluding carboxylic acids is 3. The maximum atomic E-state index is 13.7. The van der Waals surface area contributed by atoms with Gasteiger partial charge in [0.1, 0.15) is 0 Å². The molecule has 0 spiro atoms. The molecule has 0 saturated carbocycles. The topological polar surface area (TPSA) is 119 Å². The van der Waals surface area contributed by atoms with Crippen LogP contribution >= 0.6 is 11.6 Å². The molecule has 10 nitrogen and oxygen atoms in total. The van der Waals surface area contributed by atoms with E-state index in [1.807, 2.05) is 4.90 Å². The Labute approximate surface area is 276 Å². The highest BCUT2D eigenvalue weighted by Crippen LogP contribution is 2.39. The van der Waals surface area contributed by atoms with Gasteiger partial charge in [0.15, 0.2) is 0 Å². The summed E-state index contributed by atoms with van der Waals surface area (Å²) >= 11 is 6.20. The quantitative estimate of drug-likeness (QED) is 0.182. The summed E-state index contributed by atoms with van der Waals surface area (Å²) in [4.78, 5) is 45.9. The zero-order chi connectivity index (χ0) is 33.3. The number of nitrogens with zero attached hydrogens (tertiary/aromatic N) is 3. The van der Waals surface area contributed by atoms with Gasteiger partial charge in [-0.3, -0.25) is 24.0 Å². The molecule has 2 N–H and O–H groups in total. The van der Waals surface area contributed by atoms with E-state index in [1.54, 1.807) is 71.6 Å². The van der Waals surface area contributed by atoms with Crippen LogP contribution in [0.5, 0.6) is 0 Å². The van der Waals surface area contributed by atoms with Crippen molar-refractivity contribution in [1.29, 1.82) is 0 Å². The predicted octanol–water partition coefficient (Wildman–Crippen LogP) is 6.38. The molecule has 3 amide bonds. The summed E-state index contributed by atoms with van der Waals surface area (Å²) < 4.78 is 25.6. The molecule has 3 aromatic rings. The van der Waals surface area contributed by atoms with E-state index in [0.717, 1.165) is 38.7 Å². The molecule has 1 heterocycles. The van der Waals surface area contributed by atoms with Crippen molar-refractivity contribution in [3.63, 3.8) is 0 Å². The van der Waals surface area contributed by atoms with Crippen molar-refractivity contribution in [1.82, 2.24) is 9.80 Å². The fourth-order valence-electron chi connectivity index (χ4n) is 5.54. The van der Waals surface area contributed by atoms with E-state index in [9.17, 15) is 22.8 Å². The van der Waals surface area contributed by atoms with Gasteiger partial charge in [0.05, 0.1) is 28.9 Å². The number of fused-ring (bicyclic) bond motifs is 2. The third-order valence-corrected chi connectivity index (χ3v) is 8.77. The monoisotopic (exact) mass is 667 g/mol. The number of benzene rings is 3. The molecule has 1 aliphatic rings. The standard InChI is InChI=1S/C34H42ClN5O5S/c1-4-38(5-2)21-11-23-39(34(43)25-15-18-27(19-16-25)37-46(3,44)45)22-10-6-7-14-32(41)40-30-13-9-8-12-28(30)33(42)36-29-24-26(35)17-20-31(29)40/h8-9,12-13,15-20,24,37H,4-7,10-11,14,21-23H2,1-3H3,(H,36,42). The zero-order valence-electron chi connectivity index (χ0n) is 26.6. The van der Waals surface area contributed by atoms with E-state index < -0.39 is 10.0 Å². The van der Waals surface area contributed by atoms with E-state index in [4.69, 9.17) is 11.6 Å². The first-order chi connectivity index (χ1) is 22.0. The number of para-hydroxylation sites is 1. The summed E-state index contributed by atoms with van der Waals surface area (Å²) in [6.07, 6.45) is 4.20. The number of anilines is 4. The summed E-state index contributed by atoms with van der Waals surface area (Å²) in [5.41, 5.74) is 2.85. The van der Waals surface area contributed by atoms with Crippen LogP contribution in [0.2, 0.25) is 5.02 Å². The molecule has 0 aliphatic carbocycles. The second-order valence-electron chi connectivity index (χ2n) is 11.3. The number of rotatable bonds is 15. The molecular weight excluding hydrogens is 626 g/mol. The number of sulfonamides is 1. The Morgan fingerprint density at radius 3 is 2.26 bits per heavy atom. The lowest BCUT2D eigenvalue weighted by atomic mass is 10.1. The van der Waals surface area contributed by atoms with Gasteiger partial charge in [-0.1, -0.05) is 44.0 Å². The molecule has 246 valence electrons. The fourth-order valence-corrected chi connectivity index (χ4v) is 6.27. The number of hydrogen-bond acceptors (Lipinski definition) is 6. The van der Waals surface area contributed by atoms with Crippen LogP contribution in [0.3, 0.4) is 0 Å². The SMILES string of the molecule is CCN(CC)CCCN(CCCCCC(=O)N1c2ccc(Cl)cc2NC(=O)c2ccccc21)C(=O)c1ccc(NS(C)(=O)=O)cc1. The van der Waals surface area contributed by atoms with Crippen LogP contribution in [-0.4, -0.2) is 74.9 Å². The van der Waals surface area contributed by atoms with Crippen LogP contribution < -0.4 is 14.9 Å². The van der Waals surface area contributed by atoms with E-state index in [0.29, 0.717) is 64.8 Å². The maximum Gasteiger partial charge on any atom is 0.257 e. The molecule has 0 unspecified atom stereocenters. The summed E-state index contributed by atoms with van der Waals surface area (Å²) in [7, 11) is -3.42. The van der Waals surface area contributed by atoms with Crippen molar-refractivity contribution in [2.24, 2.45) is 0 Å². The average molecular weight is 668 g/mol. The van der Waals surface area contributed by atoms with Crippen molar-refractivity contribution in [2.75, 3.05) is 53.9 Å². The highest BCUT2D eigenvalue weighted by atomic mass is 35.5. The molecule has 0 atom stereocenters. The van der Waals surface area contributed by atoms with Crippen molar-refractivity contribution >= 4 is 62.1 Å². The van der Waals surface area contributed by atoms with Gasteiger partial charge in [-0.2, -0.15) is 0 Å². The lowest BCUT2D eigenvalue weighted by Gasteiger charge is -2.25. The summed E-state index contributed by atoms with van der Waals surface area (Å²) in [6, 6.07) is 18.5. The summed E-state index contributed by atoms with van der Waals surface area (Å²) in [6.45, 7) is 8.11. The van der Waals surface area contributed by atoms with Gasteiger partial charge in [0.2, 0.25) is 15.9 Å². The Kier molecular flexibility index (Phi) is 12.2. The first-order valence-corrected chi connectivity index (χ1v) is 17.9. The highest BCUT2D eigenvalue weighted by molar-refractivity contribution is 7.92. The largest absolute Gasteiger partial charge is 0.339 e. The number of nitrogens with one attached hydrogen (secondary N) is 2. The van der Waals surface area contributed by atoms with Gasteiger partial charge < -0.3 is 15.1 Å². The molecule has 0 saturated heterocycles. The molecule has 4 rings (SSSR count). The number of carbonyl (C=O) groups is 3. The molecule has 0 aromatic heterocycles. The highest BCUT2D eigenvalue weighted by Gasteiger charge is 2.29. The zero-order valence-corrected chi connectivity index (χ0v) is 28.2. The Morgan fingerprint density at radius 1 is 0.870 bits per heavy atom. The third-order valence-electron chi connectivity index (χ3n) is 7.92. The van der Waals surface area contributed by atoms with Gasteiger partial charge in [-0.15, -0.1) is 0 Å². The van der Waals surface area contributed by atoms with Gasteiger partial charge >= 0.3 is 0 Å². The van der Waals surface area contributed by atoms with Gasteiger partial charge in [0.25, 0.3) is 11.8 Å². The number of unbranched alkanes of at least 4 members (excludes halogenated alkanes) is 2. The Balaban J connectivity index is 1.40. The number of hydrogen-bond donors (Lipinski definition) is 2. The maximum absolute atomic E-state index is 13.7. The van der Waals surface area contributed by atoms with Crippen LogP contribution in [0.15, 0.2) is 66.7 Å². The summed E-state index contributed by atoms with van der Waals surface area (Å²) in [5.74, 6) is -0.556. The minimum atomic E-state index is -3.42. The molecule has 3 aromatic carbocycles. The summed E-state index contributed by atoms with van der Waals surface area (Å²) in [5, 5.41) is 3.33. The Hall–Kier alpha value is -3.93. The van der Waals surface area contributed by atoms with E-state index in [1.165, 1.54) is 0 Å². The van der Waals surface area contributed by atoms with Gasteiger partial charge in [-0.25, -0.2) is 8.42 Å². The molecule has 0 fully saturated rings. The predicted molar refractivity (Wildman–Crippen MR) is 185 cm³/mol. The number of halogens is 1. The normalized spacial score (nSPS) is 12.6. The molecule has 0 radical (unpaired) electrons. The van der Waals surface area contributed by atoms with Crippen molar-refractivity contribution in [3.05, 3.63) is 82.9 Å². The molecule has 46 heavy (non-hydrogen) atoms. The van der Waals surface area contributed by atoms with Crippen LogP contribution in [0.4, 0.5) is 22.7 Å². The second kappa shape index (κ2) is 16.1. The van der Waals surface area contributed by atoms with Crippen LogP contribution in [0, 0.1) is 0 Å². The van der Waals surface area contributed by atoms with E-state index >= 15 is 0 Å². The van der Waals surface area contributed by atoms with E-state index in [-0.39, 0.29) is 24.1 Å². The van der Waals surface area contributed by atoms with Gasteiger partial charge in [0, 0.05) is 35.8 Å². The first kappa shape index (κ1) is 34.9. The Bertz CT molecular complexity index is 1640. The molecule has 1 aliphatic heterocycles. The molecule has 12 heteroatoms.